The van der Waals surface area contributed by atoms with E-state index in [0.717, 1.165) is 57.8 Å². The Bertz CT molecular complexity index is 1020. The van der Waals surface area contributed by atoms with Crippen molar-refractivity contribution in [3.05, 3.63) is 36.5 Å². The molecule has 0 aromatic carbocycles. The Morgan fingerprint density at radius 3 is 1.08 bits per heavy atom. The molecule has 0 fully saturated rings. The molecular formula is C59H110O5. The third-order valence-electron chi connectivity index (χ3n) is 12.6. The predicted molar refractivity (Wildman–Crippen MR) is 279 cm³/mol. The van der Waals surface area contributed by atoms with E-state index in [9.17, 15) is 9.59 Å². The molecular weight excluding hydrogens is 789 g/mol. The number of hydrogen-bond donors (Lipinski definition) is 0. The summed E-state index contributed by atoms with van der Waals surface area (Å²) in [5.74, 6) is -0.395. The highest BCUT2D eigenvalue weighted by atomic mass is 16.6. The molecule has 0 amide bonds. The summed E-state index contributed by atoms with van der Waals surface area (Å²) in [5.41, 5.74) is 0. The topological polar surface area (TPSA) is 61.8 Å². The van der Waals surface area contributed by atoms with Gasteiger partial charge in [-0.1, -0.05) is 250 Å². The largest absolute Gasteiger partial charge is 0.462 e. The third-order valence-corrected chi connectivity index (χ3v) is 12.6. The van der Waals surface area contributed by atoms with Crippen molar-refractivity contribution in [2.45, 2.75) is 309 Å². The molecule has 0 aliphatic rings. The second-order valence-electron chi connectivity index (χ2n) is 19.2. The van der Waals surface area contributed by atoms with Crippen molar-refractivity contribution < 1.29 is 23.8 Å². The average Bonchev–Trinajstić information content (AvgIpc) is 3.30. The molecule has 0 radical (unpaired) electrons. The minimum atomic E-state index is -0.542. The molecule has 64 heavy (non-hydrogen) atoms. The summed E-state index contributed by atoms with van der Waals surface area (Å²) < 4.78 is 17.5. The van der Waals surface area contributed by atoms with Gasteiger partial charge in [-0.3, -0.25) is 9.59 Å². The summed E-state index contributed by atoms with van der Waals surface area (Å²) in [7, 11) is 0. The van der Waals surface area contributed by atoms with Crippen LogP contribution in [0, 0.1) is 0 Å². The Balaban J connectivity index is 4.26. The van der Waals surface area contributed by atoms with Crippen LogP contribution in [-0.2, 0) is 23.8 Å². The molecule has 0 aromatic heterocycles. The van der Waals surface area contributed by atoms with Crippen molar-refractivity contribution in [3.63, 3.8) is 0 Å². The number of carbonyl (C=O) groups excluding carboxylic acids is 2. The zero-order chi connectivity index (χ0) is 46.3. The lowest BCUT2D eigenvalue weighted by Crippen LogP contribution is -2.30. The number of rotatable bonds is 53. The van der Waals surface area contributed by atoms with E-state index in [-0.39, 0.29) is 25.2 Å². The van der Waals surface area contributed by atoms with Gasteiger partial charge in [0.2, 0.25) is 0 Å². The summed E-state index contributed by atoms with van der Waals surface area (Å²) >= 11 is 0. The molecule has 0 heterocycles. The van der Waals surface area contributed by atoms with Crippen molar-refractivity contribution in [1.29, 1.82) is 0 Å². The van der Waals surface area contributed by atoms with E-state index in [1.807, 2.05) is 0 Å². The average molecular weight is 900 g/mol. The first kappa shape index (κ1) is 62.1. The lowest BCUT2D eigenvalue weighted by molar-refractivity contribution is -0.163. The van der Waals surface area contributed by atoms with Crippen molar-refractivity contribution in [1.82, 2.24) is 0 Å². The highest BCUT2D eigenvalue weighted by Crippen LogP contribution is 2.16. The van der Waals surface area contributed by atoms with E-state index in [1.165, 1.54) is 212 Å². The molecule has 0 saturated heterocycles. The number of hydrogen-bond acceptors (Lipinski definition) is 5. The molecule has 0 rings (SSSR count). The first-order valence-corrected chi connectivity index (χ1v) is 28.5. The lowest BCUT2D eigenvalue weighted by Gasteiger charge is -2.18. The molecule has 0 aliphatic carbocycles. The summed E-state index contributed by atoms with van der Waals surface area (Å²) in [6.07, 6.45) is 67.3. The van der Waals surface area contributed by atoms with Gasteiger partial charge in [0.05, 0.1) is 6.61 Å². The van der Waals surface area contributed by atoms with E-state index in [0.29, 0.717) is 19.4 Å². The van der Waals surface area contributed by atoms with Crippen LogP contribution in [0.2, 0.25) is 0 Å². The Hall–Kier alpha value is -1.88. The van der Waals surface area contributed by atoms with Crippen LogP contribution in [0.4, 0.5) is 0 Å². The van der Waals surface area contributed by atoms with Gasteiger partial charge >= 0.3 is 11.9 Å². The van der Waals surface area contributed by atoms with Crippen molar-refractivity contribution in [2.75, 3.05) is 19.8 Å². The molecule has 0 bridgehead atoms. The van der Waals surface area contributed by atoms with Crippen LogP contribution in [-0.4, -0.2) is 37.9 Å². The van der Waals surface area contributed by atoms with Gasteiger partial charge in [0, 0.05) is 19.4 Å². The molecule has 0 saturated carbocycles. The van der Waals surface area contributed by atoms with Crippen LogP contribution in [0.5, 0.6) is 0 Å². The molecule has 0 aliphatic heterocycles. The highest BCUT2D eigenvalue weighted by Gasteiger charge is 2.17. The molecule has 1 unspecified atom stereocenters. The van der Waals surface area contributed by atoms with Crippen LogP contribution < -0.4 is 0 Å². The minimum absolute atomic E-state index is 0.0829. The van der Waals surface area contributed by atoms with Gasteiger partial charge in [0.25, 0.3) is 0 Å². The fourth-order valence-corrected chi connectivity index (χ4v) is 8.36. The summed E-state index contributed by atoms with van der Waals surface area (Å²) in [6.45, 7) is 7.82. The smallest absolute Gasteiger partial charge is 0.306 e. The lowest BCUT2D eigenvalue weighted by atomic mass is 10.0. The van der Waals surface area contributed by atoms with Crippen LogP contribution >= 0.6 is 0 Å². The quantitative estimate of drug-likeness (QED) is 0.0346. The molecule has 5 heteroatoms. The maximum atomic E-state index is 12.8. The van der Waals surface area contributed by atoms with E-state index < -0.39 is 6.10 Å². The molecule has 0 aromatic rings. The monoisotopic (exact) mass is 899 g/mol. The van der Waals surface area contributed by atoms with E-state index in [2.05, 4.69) is 57.2 Å². The van der Waals surface area contributed by atoms with Gasteiger partial charge in [-0.2, -0.15) is 0 Å². The third kappa shape index (κ3) is 52.7. The standard InChI is InChI=1S/C59H110O5/c1-4-7-10-13-16-19-22-25-28-30-32-34-37-40-43-46-49-52-58(60)63-56-57(55-62-54-51-48-45-42-39-36-33-29-26-23-20-17-14-11-8-5-2)64-59(61)53-50-47-44-41-38-35-31-27-24-21-18-15-12-9-6-3/h17,20,26-27,29,31,57H,4-16,18-19,21-25,28,30,32-56H2,1-3H3/b20-17-,29-26-,31-27-. The maximum absolute atomic E-state index is 12.8. The van der Waals surface area contributed by atoms with Crippen LogP contribution in [0.25, 0.3) is 0 Å². The predicted octanol–water partition coefficient (Wildman–Crippen LogP) is 19.4. The van der Waals surface area contributed by atoms with Gasteiger partial charge in [0.15, 0.2) is 6.10 Å². The molecule has 0 N–H and O–H groups in total. The van der Waals surface area contributed by atoms with Crippen LogP contribution in [0.15, 0.2) is 36.5 Å². The second kappa shape index (κ2) is 55.4. The van der Waals surface area contributed by atoms with Crippen molar-refractivity contribution in [3.8, 4) is 0 Å². The molecule has 5 nitrogen and oxygen atoms in total. The number of ether oxygens (including phenoxy) is 3. The number of carbonyl (C=O) groups is 2. The fourth-order valence-electron chi connectivity index (χ4n) is 8.36. The van der Waals surface area contributed by atoms with Gasteiger partial charge in [-0.15, -0.1) is 0 Å². The minimum Gasteiger partial charge on any atom is -0.462 e. The number of unbranched alkanes of at least 4 members (excludes halogenated alkanes) is 36. The van der Waals surface area contributed by atoms with Crippen molar-refractivity contribution in [2.24, 2.45) is 0 Å². The molecule has 376 valence electrons. The van der Waals surface area contributed by atoms with Crippen LogP contribution in [0.1, 0.15) is 303 Å². The second-order valence-corrected chi connectivity index (χ2v) is 19.2. The Morgan fingerprint density at radius 2 is 0.656 bits per heavy atom. The van der Waals surface area contributed by atoms with Gasteiger partial charge in [0.1, 0.15) is 6.61 Å². The van der Waals surface area contributed by atoms with Gasteiger partial charge in [-0.05, 0) is 77.0 Å². The molecule has 0 spiro atoms. The van der Waals surface area contributed by atoms with Gasteiger partial charge < -0.3 is 14.2 Å². The maximum Gasteiger partial charge on any atom is 0.306 e. The van der Waals surface area contributed by atoms with Crippen LogP contribution in [0.3, 0.4) is 0 Å². The van der Waals surface area contributed by atoms with Crippen molar-refractivity contribution >= 4 is 11.9 Å². The zero-order valence-electron chi connectivity index (χ0n) is 43.3. The van der Waals surface area contributed by atoms with E-state index in [1.54, 1.807) is 0 Å². The first-order chi connectivity index (χ1) is 31.6. The molecule has 1 atom stereocenters. The number of allylic oxidation sites excluding steroid dienone is 6. The van der Waals surface area contributed by atoms with E-state index in [4.69, 9.17) is 14.2 Å². The Labute approximate surface area is 400 Å². The Morgan fingerprint density at radius 1 is 0.344 bits per heavy atom. The summed E-state index contributed by atoms with van der Waals surface area (Å²) in [6, 6.07) is 0. The summed E-state index contributed by atoms with van der Waals surface area (Å²) in [5, 5.41) is 0. The Kier molecular flexibility index (Phi) is 53.8. The SMILES string of the molecule is CCCCC/C=C\C/C=C\CCCCCCCCOCC(COC(=O)CCCCCCCCCCCCCCCCCCC)OC(=O)CCCCCCC/C=C\CCCCCCCC. The summed E-state index contributed by atoms with van der Waals surface area (Å²) in [4.78, 5) is 25.5. The first-order valence-electron chi connectivity index (χ1n) is 28.5. The highest BCUT2D eigenvalue weighted by molar-refractivity contribution is 5.70. The fraction of sp³-hybridized carbons (Fsp3) is 0.864. The zero-order valence-corrected chi connectivity index (χ0v) is 43.3. The van der Waals surface area contributed by atoms with Gasteiger partial charge in [-0.25, -0.2) is 0 Å². The normalized spacial score (nSPS) is 12.4. The van der Waals surface area contributed by atoms with E-state index >= 15 is 0 Å². The number of esters is 2.